The third-order valence-electron chi connectivity index (χ3n) is 5.96. The fourth-order valence-corrected chi connectivity index (χ4v) is 4.81. The lowest BCUT2D eigenvalue weighted by atomic mass is 9.95. The van der Waals surface area contributed by atoms with E-state index in [1.54, 1.807) is 18.2 Å². The average Bonchev–Trinajstić information content (AvgIpc) is 3.30. The Morgan fingerprint density at radius 2 is 1.62 bits per heavy atom. The normalized spacial score (nSPS) is 28.4. The van der Waals surface area contributed by atoms with Crippen LogP contribution >= 0.6 is 0 Å². The van der Waals surface area contributed by atoms with Crippen molar-refractivity contribution in [1.82, 2.24) is 25.2 Å². The number of imide groups is 1. The lowest BCUT2D eigenvalue weighted by Gasteiger charge is -2.41. The summed E-state index contributed by atoms with van der Waals surface area (Å²) in [5, 5.41) is 10.6. The summed E-state index contributed by atoms with van der Waals surface area (Å²) in [5.41, 5.74) is 2.01. The van der Waals surface area contributed by atoms with Crippen LogP contribution < -0.4 is 0 Å². The zero-order valence-electron chi connectivity index (χ0n) is 14.2. The van der Waals surface area contributed by atoms with Crippen LogP contribution in [-0.4, -0.2) is 61.1 Å². The molecule has 3 fully saturated rings. The van der Waals surface area contributed by atoms with Crippen molar-refractivity contribution in [3.63, 3.8) is 0 Å². The molecular formula is C18H19N5O3. The molecule has 26 heavy (non-hydrogen) atoms. The van der Waals surface area contributed by atoms with Crippen molar-refractivity contribution in [1.29, 1.82) is 0 Å². The maximum absolute atomic E-state index is 13.1. The lowest BCUT2D eigenvalue weighted by molar-refractivity contribution is -0.142. The molecule has 3 saturated heterocycles. The van der Waals surface area contributed by atoms with Crippen LogP contribution in [0.4, 0.5) is 0 Å². The fraction of sp³-hybridized carbons (Fsp3) is 0.500. The third kappa shape index (κ3) is 2.24. The maximum Gasteiger partial charge on any atom is 0.254 e. The van der Waals surface area contributed by atoms with Crippen molar-refractivity contribution >= 4 is 28.8 Å². The lowest BCUT2D eigenvalue weighted by Crippen LogP contribution is -2.53. The Kier molecular flexibility index (Phi) is 3.35. The first-order chi connectivity index (χ1) is 12.6. The van der Waals surface area contributed by atoms with E-state index in [2.05, 4.69) is 15.4 Å². The minimum atomic E-state index is -0.0596. The summed E-state index contributed by atoms with van der Waals surface area (Å²) in [6, 6.07) is 5.45. The molecule has 0 radical (unpaired) electrons. The topological polar surface area (TPSA) is 99.3 Å². The summed E-state index contributed by atoms with van der Waals surface area (Å²) in [6.45, 7) is 0. The van der Waals surface area contributed by atoms with Gasteiger partial charge in [0.1, 0.15) is 11.0 Å². The quantitative estimate of drug-likeness (QED) is 0.819. The number of carbonyl (C=O) groups excluding carboxylic acids is 3. The van der Waals surface area contributed by atoms with Gasteiger partial charge in [0.25, 0.3) is 5.91 Å². The van der Waals surface area contributed by atoms with Gasteiger partial charge in [-0.05, 0) is 43.9 Å². The molecule has 3 amide bonds. The van der Waals surface area contributed by atoms with Gasteiger partial charge in [-0.25, -0.2) is 0 Å². The van der Waals surface area contributed by atoms with Gasteiger partial charge in [-0.3, -0.25) is 19.3 Å². The summed E-state index contributed by atoms with van der Waals surface area (Å²) < 4.78 is 0. The minimum absolute atomic E-state index is 0.0000694. The van der Waals surface area contributed by atoms with Gasteiger partial charge >= 0.3 is 0 Å². The molecule has 2 atom stereocenters. The van der Waals surface area contributed by atoms with Crippen LogP contribution in [-0.2, 0) is 9.59 Å². The predicted molar refractivity (Wildman–Crippen MR) is 91.0 cm³/mol. The standard InChI is InChI=1S/C18H19N5O3/c24-16-5-6-17(25)23(16)13-8-11-2-3-12(9-13)22(11)18(26)10-1-4-14-15(7-10)20-21-19-14/h1,4,7,11-13H,2-3,5-6,8-9H2,(H,19,20,21). The van der Waals surface area contributed by atoms with Gasteiger partial charge in [0.2, 0.25) is 11.8 Å². The molecule has 0 aliphatic carbocycles. The first kappa shape index (κ1) is 15.5. The molecule has 1 aromatic carbocycles. The second-order valence-corrected chi connectivity index (χ2v) is 7.41. The second-order valence-electron chi connectivity index (χ2n) is 7.41. The minimum Gasteiger partial charge on any atom is -0.333 e. The largest absolute Gasteiger partial charge is 0.333 e. The van der Waals surface area contributed by atoms with Crippen molar-refractivity contribution < 1.29 is 14.4 Å². The summed E-state index contributed by atoms with van der Waals surface area (Å²) >= 11 is 0. The van der Waals surface area contributed by atoms with Crippen LogP contribution in [0, 0.1) is 0 Å². The highest BCUT2D eigenvalue weighted by Crippen LogP contribution is 2.39. The Hall–Kier alpha value is -2.77. The van der Waals surface area contributed by atoms with Gasteiger partial charge in [-0.1, -0.05) is 0 Å². The molecule has 3 aliphatic heterocycles. The van der Waals surface area contributed by atoms with E-state index < -0.39 is 0 Å². The molecule has 0 spiro atoms. The predicted octanol–water partition coefficient (Wildman–Crippen LogP) is 1.24. The van der Waals surface area contributed by atoms with Crippen LogP contribution in [0.5, 0.6) is 0 Å². The highest BCUT2D eigenvalue weighted by atomic mass is 16.2. The number of nitrogens with zero attached hydrogens (tertiary/aromatic N) is 4. The van der Waals surface area contributed by atoms with Crippen LogP contribution in [0.3, 0.4) is 0 Å². The molecule has 134 valence electrons. The molecule has 8 nitrogen and oxygen atoms in total. The molecule has 2 aromatic rings. The average molecular weight is 353 g/mol. The number of likely N-dealkylation sites (tertiary alicyclic amines) is 1. The summed E-state index contributed by atoms with van der Waals surface area (Å²) in [6.07, 6.45) is 3.87. The Morgan fingerprint density at radius 3 is 2.31 bits per heavy atom. The number of amides is 3. The van der Waals surface area contributed by atoms with Gasteiger partial charge in [-0.2, -0.15) is 15.4 Å². The number of hydrogen-bond donors (Lipinski definition) is 1. The van der Waals surface area contributed by atoms with Gasteiger partial charge < -0.3 is 4.90 Å². The zero-order valence-corrected chi connectivity index (χ0v) is 14.2. The van der Waals surface area contributed by atoms with E-state index in [4.69, 9.17) is 0 Å². The Morgan fingerprint density at radius 1 is 0.962 bits per heavy atom. The van der Waals surface area contributed by atoms with Gasteiger partial charge in [0, 0.05) is 36.5 Å². The zero-order chi connectivity index (χ0) is 17.8. The van der Waals surface area contributed by atoms with E-state index >= 15 is 0 Å². The molecule has 4 heterocycles. The molecule has 0 saturated carbocycles. The van der Waals surface area contributed by atoms with Crippen LogP contribution in [0.25, 0.3) is 11.0 Å². The Labute approximate surface area is 149 Å². The molecule has 3 aliphatic rings. The van der Waals surface area contributed by atoms with Crippen LogP contribution in [0.1, 0.15) is 48.9 Å². The number of aromatic nitrogens is 3. The van der Waals surface area contributed by atoms with Crippen LogP contribution in [0.15, 0.2) is 18.2 Å². The third-order valence-corrected chi connectivity index (χ3v) is 5.96. The molecule has 8 heteroatoms. The van der Waals surface area contributed by atoms with Crippen molar-refractivity contribution in [2.24, 2.45) is 0 Å². The Bertz CT molecular complexity index is 892. The first-order valence-electron chi connectivity index (χ1n) is 9.10. The first-order valence-corrected chi connectivity index (χ1v) is 9.10. The van der Waals surface area contributed by atoms with E-state index in [0.717, 1.165) is 18.4 Å². The molecule has 2 unspecified atom stereocenters. The Balaban J connectivity index is 1.39. The second kappa shape index (κ2) is 5.62. The smallest absolute Gasteiger partial charge is 0.254 e. The highest BCUT2D eigenvalue weighted by Gasteiger charge is 2.47. The monoisotopic (exact) mass is 353 g/mol. The van der Waals surface area contributed by atoms with Crippen molar-refractivity contribution in [2.75, 3.05) is 0 Å². The fourth-order valence-electron chi connectivity index (χ4n) is 4.81. The number of benzene rings is 1. The van der Waals surface area contributed by atoms with E-state index in [1.165, 1.54) is 4.90 Å². The highest BCUT2D eigenvalue weighted by molar-refractivity contribution is 6.02. The number of piperidine rings is 1. The van der Waals surface area contributed by atoms with Crippen LogP contribution in [0.2, 0.25) is 0 Å². The number of hydrogen-bond acceptors (Lipinski definition) is 5. The van der Waals surface area contributed by atoms with Gasteiger partial charge in [-0.15, -0.1) is 0 Å². The summed E-state index contributed by atoms with van der Waals surface area (Å²) in [5.74, 6) is -0.119. The molecule has 5 rings (SSSR count). The van der Waals surface area contributed by atoms with Crippen molar-refractivity contribution in [2.45, 2.75) is 56.7 Å². The summed E-state index contributed by atoms with van der Waals surface area (Å²) in [7, 11) is 0. The number of carbonyl (C=O) groups is 3. The molecule has 1 aromatic heterocycles. The number of rotatable bonds is 2. The van der Waals surface area contributed by atoms with E-state index in [1.807, 2.05) is 4.90 Å². The number of H-pyrrole nitrogens is 1. The molecular weight excluding hydrogens is 334 g/mol. The molecule has 1 N–H and O–H groups in total. The van der Waals surface area contributed by atoms with Crippen molar-refractivity contribution in [3.8, 4) is 0 Å². The number of nitrogens with one attached hydrogen (secondary N) is 1. The van der Waals surface area contributed by atoms with Crippen molar-refractivity contribution in [3.05, 3.63) is 23.8 Å². The number of fused-ring (bicyclic) bond motifs is 3. The van der Waals surface area contributed by atoms with Gasteiger partial charge in [0.05, 0.1) is 0 Å². The SMILES string of the molecule is O=C1CCC(=O)N1C1CC2CCC(C1)N2C(=O)c1ccc2n[nH]nc2c1. The van der Waals surface area contributed by atoms with E-state index in [0.29, 0.717) is 36.8 Å². The van der Waals surface area contributed by atoms with Gasteiger partial charge in [0.15, 0.2) is 0 Å². The maximum atomic E-state index is 13.1. The van der Waals surface area contributed by atoms with E-state index in [-0.39, 0.29) is 35.8 Å². The summed E-state index contributed by atoms with van der Waals surface area (Å²) in [4.78, 5) is 40.7. The molecule has 2 bridgehead atoms. The number of aromatic amines is 1. The van der Waals surface area contributed by atoms with E-state index in [9.17, 15) is 14.4 Å².